The Hall–Kier alpha value is -5.42. The van der Waals surface area contributed by atoms with Crippen LogP contribution in [0.4, 0.5) is 5.82 Å². The minimum absolute atomic E-state index is 0.0430. The third-order valence-corrected chi connectivity index (χ3v) is 11.5. The highest BCUT2D eigenvalue weighted by Gasteiger charge is 2.53. The van der Waals surface area contributed by atoms with Crippen LogP contribution in [0.5, 0.6) is 11.5 Å². The highest BCUT2D eigenvalue weighted by molar-refractivity contribution is 7.91. The van der Waals surface area contributed by atoms with Crippen molar-refractivity contribution < 1.29 is 46.7 Å². The molecule has 0 spiro atoms. The Morgan fingerprint density at radius 2 is 1.47 bits per heavy atom. The van der Waals surface area contributed by atoms with E-state index < -0.39 is 64.3 Å². The van der Waals surface area contributed by atoms with Crippen molar-refractivity contribution in [1.29, 1.82) is 0 Å². The van der Waals surface area contributed by atoms with Crippen molar-refractivity contribution >= 4 is 21.4 Å². The number of aliphatic hydroxyl groups excluding tert-OH is 1. The maximum Gasteiger partial charge on any atom is 0.351 e. The number of nitrogen functional groups attached to an aromatic ring is 1. The zero-order valence-corrected chi connectivity index (χ0v) is 32.7. The SMILES string of the molecule is COc1ccc(C(OC(C(C)=O)[C@H]2O[C@@H](n3ccc(N)nc3=O)[C@H](OCOCCS(=O)(=O)c3ccc(C)cc3)[C@@H]2O)(c2ccccc2)c2ccc(OC)cc2)cc1. The summed E-state index contributed by atoms with van der Waals surface area (Å²) in [7, 11) is -0.553. The second-order valence-electron chi connectivity index (χ2n) is 13.5. The van der Waals surface area contributed by atoms with Crippen molar-refractivity contribution in [2.45, 2.75) is 55.0 Å². The van der Waals surface area contributed by atoms with E-state index in [4.69, 9.17) is 34.2 Å². The number of hydrogen-bond donors (Lipinski definition) is 2. The average Bonchev–Trinajstić information content (AvgIpc) is 3.53. The molecule has 1 saturated heterocycles. The van der Waals surface area contributed by atoms with E-state index in [2.05, 4.69) is 4.98 Å². The second-order valence-corrected chi connectivity index (χ2v) is 15.6. The van der Waals surface area contributed by atoms with E-state index in [1.807, 2.05) is 61.5 Å². The molecule has 0 radical (unpaired) electrons. The van der Waals surface area contributed by atoms with Crippen molar-refractivity contribution in [2.24, 2.45) is 0 Å². The van der Waals surface area contributed by atoms with Crippen molar-refractivity contribution in [3.63, 3.8) is 0 Å². The van der Waals surface area contributed by atoms with Gasteiger partial charge in [0.2, 0.25) is 0 Å². The zero-order valence-electron chi connectivity index (χ0n) is 31.9. The fraction of sp³-hybridized carbons (Fsp3) is 0.310. The number of methoxy groups -OCH3 is 2. The van der Waals surface area contributed by atoms with E-state index in [0.717, 1.165) is 10.1 Å². The lowest BCUT2D eigenvalue weighted by molar-refractivity contribution is -0.164. The molecule has 0 bridgehead atoms. The van der Waals surface area contributed by atoms with Crippen LogP contribution in [-0.2, 0) is 39.2 Å². The Balaban J connectivity index is 1.35. The molecule has 0 aliphatic carbocycles. The van der Waals surface area contributed by atoms with Gasteiger partial charge in [-0.15, -0.1) is 0 Å². The van der Waals surface area contributed by atoms with E-state index in [9.17, 15) is 23.1 Å². The molecule has 15 heteroatoms. The summed E-state index contributed by atoms with van der Waals surface area (Å²) in [6, 6.07) is 31.5. The molecule has 1 aromatic heterocycles. The molecule has 1 unspecified atom stereocenters. The Bertz CT molecular complexity index is 2240. The molecule has 1 aliphatic rings. The van der Waals surface area contributed by atoms with Crippen molar-refractivity contribution in [3.8, 4) is 11.5 Å². The van der Waals surface area contributed by atoms with E-state index in [-0.39, 0.29) is 23.1 Å². The van der Waals surface area contributed by atoms with Crippen LogP contribution in [-0.4, -0.2) is 86.6 Å². The molecule has 0 amide bonds. The summed E-state index contributed by atoms with van der Waals surface area (Å²) in [4.78, 5) is 31.0. The van der Waals surface area contributed by atoms with Crippen LogP contribution in [0, 0.1) is 6.92 Å². The Morgan fingerprint density at radius 3 is 2.02 bits per heavy atom. The molecule has 1 fully saturated rings. The molecule has 14 nitrogen and oxygen atoms in total. The number of rotatable bonds is 17. The second kappa shape index (κ2) is 17.8. The lowest BCUT2D eigenvalue weighted by atomic mass is 9.79. The first kappa shape index (κ1) is 41.2. The number of anilines is 1. The topological polar surface area (TPSA) is 188 Å². The maximum absolute atomic E-state index is 13.9. The number of Topliss-reactive ketones (excluding diaryl/α,β-unsaturated/α-hetero) is 1. The van der Waals surface area contributed by atoms with Crippen LogP contribution in [0.3, 0.4) is 0 Å². The first-order chi connectivity index (χ1) is 27.4. The quantitative estimate of drug-likeness (QED) is 0.0775. The summed E-state index contributed by atoms with van der Waals surface area (Å²) in [6.07, 6.45) is -5.81. The van der Waals surface area contributed by atoms with Crippen molar-refractivity contribution in [2.75, 3.05) is 39.1 Å². The Labute approximate surface area is 330 Å². The number of benzene rings is 4. The predicted molar refractivity (Wildman–Crippen MR) is 210 cm³/mol. The molecule has 3 N–H and O–H groups in total. The van der Waals surface area contributed by atoms with Crippen molar-refractivity contribution in [3.05, 3.63) is 148 Å². The summed E-state index contributed by atoms with van der Waals surface area (Å²) in [5.74, 6) is 0.302. The number of nitrogens with two attached hydrogens (primary N) is 1. The normalized spacial score (nSPS) is 18.9. The van der Waals surface area contributed by atoms with E-state index in [1.165, 1.54) is 31.3 Å². The van der Waals surface area contributed by atoms with Crippen LogP contribution < -0.4 is 20.9 Å². The lowest BCUT2D eigenvalue weighted by Gasteiger charge is -2.40. The van der Waals surface area contributed by atoms with E-state index in [1.54, 1.807) is 50.6 Å². The third kappa shape index (κ3) is 8.94. The molecule has 5 atom stereocenters. The fourth-order valence-electron chi connectivity index (χ4n) is 6.77. The zero-order chi connectivity index (χ0) is 40.7. The third-order valence-electron chi connectivity index (χ3n) is 9.77. The average molecular weight is 800 g/mol. The summed E-state index contributed by atoms with van der Waals surface area (Å²) in [5.41, 5.74) is 6.30. The highest BCUT2D eigenvalue weighted by Crippen LogP contribution is 2.45. The number of aryl methyl sites for hydroxylation is 1. The van der Waals surface area contributed by atoms with Crippen LogP contribution in [0.25, 0.3) is 0 Å². The number of sulfone groups is 1. The van der Waals surface area contributed by atoms with Gasteiger partial charge in [-0.25, -0.2) is 13.2 Å². The van der Waals surface area contributed by atoms with Gasteiger partial charge in [0.15, 0.2) is 21.8 Å². The first-order valence-corrected chi connectivity index (χ1v) is 19.7. The minimum atomic E-state index is -3.66. The van der Waals surface area contributed by atoms with Gasteiger partial charge in [0.05, 0.1) is 31.5 Å². The van der Waals surface area contributed by atoms with Gasteiger partial charge in [0, 0.05) is 6.20 Å². The van der Waals surface area contributed by atoms with Gasteiger partial charge in [-0.05, 0) is 73.0 Å². The number of carbonyl (C=O) groups excluding carboxylic acids is 1. The number of aliphatic hydroxyl groups is 1. The maximum atomic E-state index is 13.9. The van der Waals surface area contributed by atoms with Crippen LogP contribution in [0.1, 0.15) is 35.4 Å². The molecule has 0 saturated carbocycles. The van der Waals surface area contributed by atoms with Gasteiger partial charge in [-0.3, -0.25) is 9.36 Å². The van der Waals surface area contributed by atoms with Crippen molar-refractivity contribution in [1.82, 2.24) is 9.55 Å². The molecule has 1 aliphatic heterocycles. The molecule has 4 aromatic carbocycles. The molecule has 2 heterocycles. The first-order valence-electron chi connectivity index (χ1n) is 18.1. The van der Waals surface area contributed by atoms with Gasteiger partial charge in [0.1, 0.15) is 54.1 Å². The van der Waals surface area contributed by atoms with Crippen LogP contribution >= 0.6 is 0 Å². The Kier molecular flexibility index (Phi) is 12.9. The summed E-state index contributed by atoms with van der Waals surface area (Å²) < 4.78 is 62.8. The molecule has 6 rings (SSSR count). The van der Waals surface area contributed by atoms with Gasteiger partial charge in [-0.1, -0.05) is 72.3 Å². The highest BCUT2D eigenvalue weighted by atomic mass is 32.2. The van der Waals surface area contributed by atoms with Crippen LogP contribution in [0.2, 0.25) is 0 Å². The molecule has 5 aromatic rings. The molecular formula is C42H45N3O11S. The van der Waals surface area contributed by atoms with E-state index in [0.29, 0.717) is 28.2 Å². The summed E-state index contributed by atoms with van der Waals surface area (Å²) >= 11 is 0. The fourth-order valence-corrected chi connectivity index (χ4v) is 7.89. The predicted octanol–water partition coefficient (Wildman–Crippen LogP) is 4.21. The van der Waals surface area contributed by atoms with E-state index >= 15 is 0 Å². The van der Waals surface area contributed by atoms with Gasteiger partial charge in [-0.2, -0.15) is 4.98 Å². The lowest BCUT2D eigenvalue weighted by Crippen LogP contribution is -2.49. The number of ether oxygens (including phenoxy) is 6. The van der Waals surface area contributed by atoms with Crippen LogP contribution in [0.15, 0.2) is 125 Å². The van der Waals surface area contributed by atoms with Gasteiger partial charge in [0.25, 0.3) is 0 Å². The molecule has 300 valence electrons. The molecular weight excluding hydrogens is 755 g/mol. The largest absolute Gasteiger partial charge is 0.497 e. The summed E-state index contributed by atoms with van der Waals surface area (Å²) in [5, 5.41) is 12.0. The number of nitrogens with zero attached hydrogens (tertiary/aromatic N) is 2. The minimum Gasteiger partial charge on any atom is -0.497 e. The Morgan fingerprint density at radius 1 is 0.895 bits per heavy atom. The van der Waals surface area contributed by atoms with Gasteiger partial charge < -0.3 is 39.3 Å². The van der Waals surface area contributed by atoms with Gasteiger partial charge >= 0.3 is 5.69 Å². The number of aromatic nitrogens is 2. The number of ketones is 1. The number of carbonyl (C=O) groups is 1. The monoisotopic (exact) mass is 799 g/mol. The summed E-state index contributed by atoms with van der Waals surface area (Å²) in [6.45, 7) is 2.44. The smallest absolute Gasteiger partial charge is 0.351 e. The molecule has 57 heavy (non-hydrogen) atoms. The standard InChI is InChI=1S/C42H45N3O11S/c1-27-10-20-34(21-11-27)57(49,50)25-24-53-26-54-39-36(47)38(55-40(39)45-23-22-35(43)44-41(45)48)37(28(2)46)56-42(29-8-6-5-7-9-29,30-12-16-32(51-3)17-13-30)31-14-18-33(52-4)19-15-31/h5-23,36-40,47H,24-26H2,1-4H3,(H2,43,44,48)/t36-,37?,38+,39-,40-/m1/s1. The number of hydrogen-bond acceptors (Lipinski definition) is 13.